The van der Waals surface area contributed by atoms with Crippen LogP contribution >= 0.6 is 27.5 Å². The second-order valence-electron chi connectivity index (χ2n) is 5.13. The molecule has 2 aromatic rings. The summed E-state index contributed by atoms with van der Waals surface area (Å²) in [6, 6.07) is 13.5. The van der Waals surface area contributed by atoms with Gasteiger partial charge in [0.2, 0.25) is 0 Å². The molecule has 106 valence electrons. The van der Waals surface area contributed by atoms with Crippen LogP contribution in [0.25, 0.3) is 0 Å². The Morgan fingerprint density at radius 3 is 2.60 bits per heavy atom. The smallest absolute Gasteiger partial charge is 0.142 e. The van der Waals surface area contributed by atoms with Crippen LogP contribution in [0.5, 0.6) is 0 Å². The Bertz CT molecular complexity index is 583. The van der Waals surface area contributed by atoms with Gasteiger partial charge in [-0.15, -0.1) is 0 Å². The molecule has 2 aromatic carbocycles. The van der Waals surface area contributed by atoms with Gasteiger partial charge in [-0.2, -0.15) is 0 Å². The Labute approximate surface area is 133 Å². The third-order valence-corrected chi connectivity index (χ3v) is 4.70. The predicted octanol–water partition coefficient (Wildman–Crippen LogP) is 5.58. The Hall–Kier alpha value is -0.860. The Morgan fingerprint density at radius 1 is 1.15 bits per heavy atom. The second kappa shape index (κ2) is 7.24. The first-order valence-electron chi connectivity index (χ1n) is 6.64. The van der Waals surface area contributed by atoms with Crippen LogP contribution in [-0.4, -0.2) is 5.33 Å². The lowest BCUT2D eigenvalue weighted by Gasteiger charge is -2.15. The van der Waals surface area contributed by atoms with Gasteiger partial charge in [-0.25, -0.2) is 4.39 Å². The quantitative estimate of drug-likeness (QED) is 0.614. The van der Waals surface area contributed by atoms with Crippen LogP contribution in [-0.2, 0) is 12.8 Å². The first-order valence-corrected chi connectivity index (χ1v) is 8.14. The van der Waals surface area contributed by atoms with Gasteiger partial charge >= 0.3 is 0 Å². The maximum Gasteiger partial charge on any atom is 0.142 e. The molecule has 0 radical (unpaired) electrons. The monoisotopic (exact) mass is 354 g/mol. The zero-order valence-electron chi connectivity index (χ0n) is 11.4. The lowest BCUT2D eigenvalue weighted by Crippen LogP contribution is -2.10. The predicted molar refractivity (Wildman–Crippen MR) is 87.3 cm³/mol. The van der Waals surface area contributed by atoms with Crippen LogP contribution < -0.4 is 0 Å². The van der Waals surface area contributed by atoms with Gasteiger partial charge < -0.3 is 0 Å². The standard InChI is InChI=1S/C17H17BrClF/c1-12-4-2-5-13(8-12)9-14(11-18)10-15-6-3-7-16(20)17(15)19/h2-8,14H,9-11H2,1H3. The Balaban J connectivity index is 2.11. The Morgan fingerprint density at radius 2 is 1.90 bits per heavy atom. The molecule has 0 aliphatic carbocycles. The van der Waals surface area contributed by atoms with Gasteiger partial charge in [0.25, 0.3) is 0 Å². The van der Waals surface area contributed by atoms with E-state index in [1.165, 1.54) is 17.2 Å². The summed E-state index contributed by atoms with van der Waals surface area (Å²) in [5.74, 6) is 0.0594. The second-order valence-corrected chi connectivity index (χ2v) is 6.16. The molecule has 0 aromatic heterocycles. The molecule has 20 heavy (non-hydrogen) atoms. The van der Waals surface area contributed by atoms with Crippen molar-refractivity contribution in [2.75, 3.05) is 5.33 Å². The van der Waals surface area contributed by atoms with Crippen LogP contribution in [0.2, 0.25) is 5.02 Å². The van der Waals surface area contributed by atoms with E-state index >= 15 is 0 Å². The molecule has 3 heteroatoms. The number of benzene rings is 2. The van der Waals surface area contributed by atoms with Crippen molar-refractivity contribution >= 4 is 27.5 Å². The van der Waals surface area contributed by atoms with E-state index in [4.69, 9.17) is 11.6 Å². The summed E-state index contributed by atoms with van der Waals surface area (Å²) >= 11 is 9.59. The van der Waals surface area contributed by atoms with Gasteiger partial charge in [-0.3, -0.25) is 0 Å². The normalized spacial score (nSPS) is 12.4. The van der Waals surface area contributed by atoms with E-state index in [1.54, 1.807) is 6.07 Å². The summed E-state index contributed by atoms with van der Waals surface area (Å²) in [4.78, 5) is 0. The first kappa shape index (κ1) is 15.5. The Kier molecular flexibility index (Phi) is 5.62. The highest BCUT2D eigenvalue weighted by Crippen LogP contribution is 2.25. The molecular weight excluding hydrogens is 339 g/mol. The van der Waals surface area contributed by atoms with E-state index in [-0.39, 0.29) is 10.8 Å². The minimum atomic E-state index is -0.340. The highest BCUT2D eigenvalue weighted by molar-refractivity contribution is 9.09. The molecule has 0 aliphatic heterocycles. The number of alkyl halides is 1. The number of hydrogen-bond acceptors (Lipinski definition) is 0. The zero-order chi connectivity index (χ0) is 14.5. The van der Waals surface area contributed by atoms with E-state index in [1.807, 2.05) is 6.07 Å². The van der Waals surface area contributed by atoms with Gasteiger partial charge in [0.05, 0.1) is 5.02 Å². The average Bonchev–Trinajstić information content (AvgIpc) is 2.43. The third-order valence-electron chi connectivity index (χ3n) is 3.37. The summed E-state index contributed by atoms with van der Waals surface area (Å²) in [5.41, 5.74) is 3.45. The highest BCUT2D eigenvalue weighted by Gasteiger charge is 2.13. The molecule has 0 heterocycles. The van der Waals surface area contributed by atoms with Crippen LogP contribution in [0, 0.1) is 18.7 Å². The summed E-state index contributed by atoms with van der Waals surface area (Å²) < 4.78 is 13.5. The molecular formula is C17H17BrClF. The molecule has 0 saturated heterocycles. The fraction of sp³-hybridized carbons (Fsp3) is 0.294. The van der Waals surface area contributed by atoms with Crippen molar-refractivity contribution in [1.82, 2.24) is 0 Å². The van der Waals surface area contributed by atoms with Gasteiger partial charge in [0, 0.05) is 5.33 Å². The molecule has 0 nitrogen and oxygen atoms in total. The van der Waals surface area contributed by atoms with Crippen LogP contribution in [0.1, 0.15) is 16.7 Å². The van der Waals surface area contributed by atoms with Crippen LogP contribution in [0.4, 0.5) is 4.39 Å². The van der Waals surface area contributed by atoms with Crippen molar-refractivity contribution in [1.29, 1.82) is 0 Å². The van der Waals surface area contributed by atoms with Crippen molar-refractivity contribution in [3.63, 3.8) is 0 Å². The van der Waals surface area contributed by atoms with Crippen molar-refractivity contribution in [2.24, 2.45) is 5.92 Å². The molecule has 2 rings (SSSR count). The van der Waals surface area contributed by atoms with E-state index in [2.05, 4.69) is 47.1 Å². The van der Waals surface area contributed by atoms with Crippen molar-refractivity contribution < 1.29 is 4.39 Å². The fourth-order valence-electron chi connectivity index (χ4n) is 2.37. The summed E-state index contributed by atoms with van der Waals surface area (Å²) in [7, 11) is 0. The molecule has 0 bridgehead atoms. The summed E-state index contributed by atoms with van der Waals surface area (Å²) in [5, 5.41) is 1.12. The maximum absolute atomic E-state index is 13.5. The highest BCUT2D eigenvalue weighted by atomic mass is 79.9. The molecule has 0 spiro atoms. The van der Waals surface area contributed by atoms with Crippen LogP contribution in [0.3, 0.4) is 0 Å². The molecule has 0 fully saturated rings. The lowest BCUT2D eigenvalue weighted by atomic mass is 9.93. The van der Waals surface area contributed by atoms with Gasteiger partial charge in [-0.1, -0.05) is 69.5 Å². The third kappa shape index (κ3) is 4.07. The van der Waals surface area contributed by atoms with E-state index < -0.39 is 0 Å². The van der Waals surface area contributed by atoms with Gasteiger partial charge in [0.1, 0.15) is 5.82 Å². The van der Waals surface area contributed by atoms with E-state index in [9.17, 15) is 4.39 Å². The molecule has 1 unspecified atom stereocenters. The van der Waals surface area contributed by atoms with Crippen LogP contribution in [0.15, 0.2) is 42.5 Å². The van der Waals surface area contributed by atoms with Crippen molar-refractivity contribution in [3.05, 3.63) is 70.0 Å². The average molecular weight is 356 g/mol. The molecule has 0 aliphatic rings. The van der Waals surface area contributed by atoms with E-state index in [0.717, 1.165) is 23.7 Å². The van der Waals surface area contributed by atoms with Gasteiger partial charge in [-0.05, 0) is 42.9 Å². The molecule has 0 N–H and O–H groups in total. The number of halogens is 3. The number of hydrogen-bond donors (Lipinski definition) is 0. The minimum Gasteiger partial charge on any atom is -0.205 e. The van der Waals surface area contributed by atoms with Crippen molar-refractivity contribution in [3.8, 4) is 0 Å². The fourth-order valence-corrected chi connectivity index (χ4v) is 3.03. The summed E-state index contributed by atoms with van der Waals surface area (Å²) in [6.45, 7) is 2.09. The first-order chi connectivity index (χ1) is 9.60. The van der Waals surface area contributed by atoms with Gasteiger partial charge in [0.15, 0.2) is 0 Å². The maximum atomic E-state index is 13.5. The molecule has 0 amide bonds. The topological polar surface area (TPSA) is 0 Å². The SMILES string of the molecule is Cc1cccc(CC(CBr)Cc2cccc(F)c2Cl)c1. The molecule has 1 atom stereocenters. The van der Waals surface area contributed by atoms with Crippen molar-refractivity contribution in [2.45, 2.75) is 19.8 Å². The zero-order valence-corrected chi connectivity index (χ0v) is 13.7. The minimum absolute atomic E-state index is 0.252. The largest absolute Gasteiger partial charge is 0.205 e. The lowest BCUT2D eigenvalue weighted by molar-refractivity contribution is 0.582. The number of rotatable bonds is 5. The number of aryl methyl sites for hydroxylation is 1. The molecule has 0 saturated carbocycles. The van der Waals surface area contributed by atoms with E-state index in [0.29, 0.717) is 5.92 Å². The summed E-state index contributed by atoms with van der Waals surface area (Å²) in [6.07, 6.45) is 1.73.